The molecule has 0 spiro atoms. The van der Waals surface area contributed by atoms with Gasteiger partial charge in [0.25, 0.3) is 0 Å². The lowest BCUT2D eigenvalue weighted by Crippen LogP contribution is -2.07. The Labute approximate surface area is 134 Å². The Bertz CT molecular complexity index is 549. The largest absolute Gasteiger partial charge is 0.427 e. The van der Waals surface area contributed by atoms with Crippen LogP contribution in [-0.4, -0.2) is 11.3 Å². The summed E-state index contributed by atoms with van der Waals surface area (Å²) in [5, 5.41) is 0.989. The highest BCUT2D eigenvalue weighted by Crippen LogP contribution is 2.22. The molecule has 0 unspecified atom stereocenters. The Hall–Kier alpha value is -1.61. The molecule has 0 radical (unpaired) electrons. The monoisotopic (exact) mass is 346 g/mol. The van der Waals surface area contributed by atoms with E-state index in [-0.39, 0.29) is 5.97 Å². The number of esters is 1. The molecule has 0 atom stereocenters. The van der Waals surface area contributed by atoms with E-state index in [1.165, 1.54) is 0 Å². The van der Waals surface area contributed by atoms with Crippen molar-refractivity contribution in [2.24, 2.45) is 0 Å². The Morgan fingerprint density at radius 1 is 0.857 bits per heavy atom. The molecule has 110 valence electrons. The second kappa shape index (κ2) is 8.63. The smallest absolute Gasteiger partial charge is 0.311 e. The third-order valence-electron chi connectivity index (χ3n) is 3.21. The van der Waals surface area contributed by atoms with Crippen molar-refractivity contribution in [2.45, 2.75) is 25.7 Å². The molecule has 2 rings (SSSR count). The van der Waals surface area contributed by atoms with Crippen LogP contribution in [0.2, 0.25) is 0 Å². The number of hydrogen-bond donors (Lipinski definition) is 0. The molecule has 0 amide bonds. The second-order valence-corrected chi connectivity index (χ2v) is 5.66. The Morgan fingerprint density at radius 2 is 1.52 bits per heavy atom. The predicted molar refractivity (Wildman–Crippen MR) is 89.8 cm³/mol. The summed E-state index contributed by atoms with van der Waals surface area (Å²) in [7, 11) is 0. The van der Waals surface area contributed by atoms with E-state index in [0.717, 1.165) is 35.7 Å². The van der Waals surface area contributed by atoms with Crippen molar-refractivity contribution in [2.75, 3.05) is 5.33 Å². The highest BCUT2D eigenvalue weighted by atomic mass is 79.9. The standard InChI is InChI=1S/C18H19BrO2/c19-14-6-2-5-9-18(20)21-17-12-10-16(11-13-17)15-7-3-1-4-8-15/h1,3-4,7-8,10-13H,2,5-6,9,14H2. The van der Waals surface area contributed by atoms with Crippen molar-refractivity contribution in [3.05, 3.63) is 54.6 Å². The number of benzene rings is 2. The summed E-state index contributed by atoms with van der Waals surface area (Å²) in [6, 6.07) is 17.8. The number of alkyl halides is 1. The second-order valence-electron chi connectivity index (χ2n) is 4.86. The number of rotatable bonds is 7. The van der Waals surface area contributed by atoms with Crippen LogP contribution < -0.4 is 4.74 Å². The predicted octanol–water partition coefficient (Wildman–Crippen LogP) is 5.21. The lowest BCUT2D eigenvalue weighted by Gasteiger charge is -2.06. The molecule has 2 aromatic rings. The lowest BCUT2D eigenvalue weighted by atomic mass is 10.1. The maximum Gasteiger partial charge on any atom is 0.311 e. The fourth-order valence-electron chi connectivity index (χ4n) is 2.07. The van der Waals surface area contributed by atoms with Gasteiger partial charge in [0.1, 0.15) is 5.75 Å². The van der Waals surface area contributed by atoms with Gasteiger partial charge in [0.05, 0.1) is 0 Å². The summed E-state index contributed by atoms with van der Waals surface area (Å²) in [5.74, 6) is 0.456. The normalized spacial score (nSPS) is 10.3. The molecule has 2 aromatic carbocycles. The molecule has 21 heavy (non-hydrogen) atoms. The molecule has 0 saturated carbocycles. The van der Waals surface area contributed by atoms with Crippen LogP contribution >= 0.6 is 15.9 Å². The van der Waals surface area contributed by atoms with Gasteiger partial charge in [-0.1, -0.05) is 64.8 Å². The minimum atomic E-state index is -0.156. The van der Waals surface area contributed by atoms with E-state index < -0.39 is 0 Å². The fraction of sp³-hybridized carbons (Fsp3) is 0.278. The zero-order valence-electron chi connectivity index (χ0n) is 11.9. The molecular formula is C18H19BrO2. The lowest BCUT2D eigenvalue weighted by molar-refractivity contribution is -0.134. The van der Waals surface area contributed by atoms with Gasteiger partial charge in [-0.2, -0.15) is 0 Å². The first-order chi connectivity index (χ1) is 10.3. The van der Waals surface area contributed by atoms with E-state index in [2.05, 4.69) is 28.1 Å². The van der Waals surface area contributed by atoms with E-state index in [9.17, 15) is 4.79 Å². The van der Waals surface area contributed by atoms with Gasteiger partial charge in [-0.3, -0.25) is 4.79 Å². The van der Waals surface area contributed by atoms with Crippen LogP contribution in [0.4, 0.5) is 0 Å². The van der Waals surface area contributed by atoms with Crippen molar-refractivity contribution in [3.8, 4) is 16.9 Å². The van der Waals surface area contributed by atoms with Gasteiger partial charge in [0, 0.05) is 11.8 Å². The van der Waals surface area contributed by atoms with Crippen molar-refractivity contribution >= 4 is 21.9 Å². The number of unbranched alkanes of at least 4 members (excludes halogenated alkanes) is 2. The average molecular weight is 347 g/mol. The van der Waals surface area contributed by atoms with Crippen LogP contribution in [0, 0.1) is 0 Å². The van der Waals surface area contributed by atoms with Gasteiger partial charge >= 0.3 is 5.97 Å². The average Bonchev–Trinajstić information content (AvgIpc) is 2.53. The Balaban J connectivity index is 1.86. The first kappa shape index (κ1) is 15.8. The molecular weight excluding hydrogens is 328 g/mol. The third-order valence-corrected chi connectivity index (χ3v) is 3.77. The maximum absolute atomic E-state index is 11.7. The number of hydrogen-bond acceptors (Lipinski definition) is 2. The topological polar surface area (TPSA) is 26.3 Å². The highest BCUT2D eigenvalue weighted by molar-refractivity contribution is 9.09. The molecule has 0 aromatic heterocycles. The minimum absolute atomic E-state index is 0.156. The van der Waals surface area contributed by atoms with Crippen molar-refractivity contribution in [3.63, 3.8) is 0 Å². The van der Waals surface area contributed by atoms with Crippen LogP contribution in [0.15, 0.2) is 54.6 Å². The van der Waals surface area contributed by atoms with E-state index in [0.29, 0.717) is 12.2 Å². The summed E-state index contributed by atoms with van der Waals surface area (Å²) in [5.41, 5.74) is 2.28. The fourth-order valence-corrected chi connectivity index (χ4v) is 2.47. The Kier molecular flexibility index (Phi) is 6.48. The summed E-state index contributed by atoms with van der Waals surface area (Å²) in [4.78, 5) is 11.7. The zero-order chi connectivity index (χ0) is 14.9. The van der Waals surface area contributed by atoms with Crippen LogP contribution in [0.25, 0.3) is 11.1 Å². The number of carbonyl (C=O) groups is 1. The van der Waals surface area contributed by atoms with Crippen LogP contribution in [-0.2, 0) is 4.79 Å². The molecule has 2 nitrogen and oxygen atoms in total. The summed E-state index contributed by atoms with van der Waals surface area (Å²) < 4.78 is 5.33. The first-order valence-corrected chi connectivity index (χ1v) is 8.34. The molecule has 0 heterocycles. The minimum Gasteiger partial charge on any atom is -0.427 e. The van der Waals surface area contributed by atoms with Gasteiger partial charge in [-0.05, 0) is 36.1 Å². The van der Waals surface area contributed by atoms with Gasteiger partial charge in [-0.15, -0.1) is 0 Å². The molecule has 0 fully saturated rings. The van der Waals surface area contributed by atoms with Gasteiger partial charge in [0.15, 0.2) is 0 Å². The Morgan fingerprint density at radius 3 is 2.19 bits per heavy atom. The van der Waals surface area contributed by atoms with Crippen LogP contribution in [0.3, 0.4) is 0 Å². The molecule has 0 saturated heterocycles. The van der Waals surface area contributed by atoms with Crippen molar-refractivity contribution in [1.82, 2.24) is 0 Å². The zero-order valence-corrected chi connectivity index (χ0v) is 13.5. The summed E-state index contributed by atoms with van der Waals surface area (Å²) in [6.45, 7) is 0. The van der Waals surface area contributed by atoms with Gasteiger partial charge in [0.2, 0.25) is 0 Å². The third kappa shape index (κ3) is 5.35. The van der Waals surface area contributed by atoms with E-state index in [4.69, 9.17) is 4.74 Å². The number of ether oxygens (including phenoxy) is 1. The van der Waals surface area contributed by atoms with E-state index in [1.807, 2.05) is 42.5 Å². The maximum atomic E-state index is 11.7. The SMILES string of the molecule is O=C(CCCCCBr)Oc1ccc(-c2ccccc2)cc1. The molecule has 0 N–H and O–H groups in total. The molecule has 3 heteroatoms. The highest BCUT2D eigenvalue weighted by Gasteiger charge is 2.05. The van der Waals surface area contributed by atoms with E-state index in [1.54, 1.807) is 0 Å². The van der Waals surface area contributed by atoms with E-state index >= 15 is 0 Å². The number of carbonyl (C=O) groups excluding carboxylic acids is 1. The molecule has 0 aliphatic heterocycles. The first-order valence-electron chi connectivity index (χ1n) is 7.22. The molecule has 0 bridgehead atoms. The van der Waals surface area contributed by atoms with Crippen LogP contribution in [0.1, 0.15) is 25.7 Å². The van der Waals surface area contributed by atoms with Gasteiger partial charge < -0.3 is 4.74 Å². The van der Waals surface area contributed by atoms with Crippen molar-refractivity contribution < 1.29 is 9.53 Å². The van der Waals surface area contributed by atoms with Gasteiger partial charge in [-0.25, -0.2) is 0 Å². The molecule has 0 aliphatic carbocycles. The molecule has 0 aliphatic rings. The van der Waals surface area contributed by atoms with Crippen molar-refractivity contribution in [1.29, 1.82) is 0 Å². The summed E-state index contributed by atoms with van der Waals surface area (Å²) >= 11 is 3.38. The number of halogens is 1. The van der Waals surface area contributed by atoms with Crippen LogP contribution in [0.5, 0.6) is 5.75 Å². The summed E-state index contributed by atoms with van der Waals surface area (Å²) in [6.07, 6.45) is 3.51. The quantitative estimate of drug-likeness (QED) is 0.297.